The average Bonchev–Trinajstić information content (AvgIpc) is 2.26. The summed E-state index contributed by atoms with van der Waals surface area (Å²) in [5, 5.41) is 8.64. The highest BCUT2D eigenvalue weighted by atomic mass is 19.1. The summed E-state index contributed by atoms with van der Waals surface area (Å²) in [4.78, 5) is 22.1. The van der Waals surface area contributed by atoms with Crippen molar-refractivity contribution in [3.05, 3.63) is 35.6 Å². The second-order valence-corrected chi connectivity index (χ2v) is 3.71. The van der Waals surface area contributed by atoms with Crippen LogP contribution in [0.4, 0.5) is 4.39 Å². The lowest BCUT2D eigenvalue weighted by atomic mass is 10.0. The van der Waals surface area contributed by atoms with E-state index >= 15 is 0 Å². The summed E-state index contributed by atoms with van der Waals surface area (Å²) in [6.45, 7) is 1.56. The summed E-state index contributed by atoms with van der Waals surface area (Å²) in [5.41, 5.74) is 0.416. The Hall–Kier alpha value is -1.71. The lowest BCUT2D eigenvalue weighted by Crippen LogP contribution is -2.11. The van der Waals surface area contributed by atoms with Crippen molar-refractivity contribution in [1.29, 1.82) is 0 Å². The number of hydrogen-bond donors (Lipinski definition) is 1. The maximum atomic E-state index is 12.6. The van der Waals surface area contributed by atoms with Crippen molar-refractivity contribution in [2.45, 2.75) is 19.8 Å². The van der Waals surface area contributed by atoms with Gasteiger partial charge in [0, 0.05) is 12.0 Å². The molecule has 4 heteroatoms. The SMILES string of the molecule is CC(CCC(=O)c1ccc(F)cc1)C(=O)O. The molecule has 1 unspecified atom stereocenters. The van der Waals surface area contributed by atoms with E-state index in [-0.39, 0.29) is 12.2 Å². The number of benzene rings is 1. The predicted molar refractivity (Wildman–Crippen MR) is 56.8 cm³/mol. The molecule has 1 rings (SSSR count). The van der Waals surface area contributed by atoms with Crippen LogP contribution in [0.1, 0.15) is 30.1 Å². The first-order chi connectivity index (χ1) is 7.50. The van der Waals surface area contributed by atoms with E-state index in [9.17, 15) is 14.0 Å². The number of rotatable bonds is 5. The van der Waals surface area contributed by atoms with Crippen LogP contribution in [-0.2, 0) is 4.79 Å². The Morgan fingerprint density at radius 3 is 2.38 bits per heavy atom. The summed E-state index contributed by atoms with van der Waals surface area (Å²) in [5.74, 6) is -2.00. The standard InChI is InChI=1S/C12H13FO3/c1-8(12(15)16)2-7-11(14)9-3-5-10(13)6-4-9/h3-6,8H,2,7H2,1H3,(H,15,16). The zero-order chi connectivity index (χ0) is 12.1. The molecule has 3 nitrogen and oxygen atoms in total. The van der Waals surface area contributed by atoms with Crippen LogP contribution in [0, 0.1) is 11.7 Å². The molecular weight excluding hydrogens is 211 g/mol. The molecule has 1 atom stereocenters. The number of carbonyl (C=O) groups excluding carboxylic acids is 1. The van der Waals surface area contributed by atoms with Crippen molar-refractivity contribution in [3.8, 4) is 0 Å². The molecule has 0 bridgehead atoms. The number of hydrogen-bond acceptors (Lipinski definition) is 2. The van der Waals surface area contributed by atoms with Crippen LogP contribution in [0.3, 0.4) is 0 Å². The van der Waals surface area contributed by atoms with Crippen LogP contribution in [0.5, 0.6) is 0 Å². The molecule has 86 valence electrons. The van der Waals surface area contributed by atoms with Gasteiger partial charge in [-0.05, 0) is 30.7 Å². The summed E-state index contributed by atoms with van der Waals surface area (Å²) >= 11 is 0. The number of aliphatic carboxylic acids is 1. The molecule has 0 spiro atoms. The molecular formula is C12H13FO3. The molecule has 0 aromatic heterocycles. The third kappa shape index (κ3) is 3.46. The highest BCUT2D eigenvalue weighted by Gasteiger charge is 2.13. The van der Waals surface area contributed by atoms with E-state index in [0.29, 0.717) is 12.0 Å². The minimum Gasteiger partial charge on any atom is -0.481 e. The third-order valence-corrected chi connectivity index (χ3v) is 2.39. The Kier molecular flexibility index (Phi) is 4.17. The Morgan fingerprint density at radius 2 is 1.88 bits per heavy atom. The van der Waals surface area contributed by atoms with Crippen molar-refractivity contribution < 1.29 is 19.1 Å². The minimum atomic E-state index is -0.910. The van der Waals surface area contributed by atoms with E-state index in [1.54, 1.807) is 6.92 Å². The van der Waals surface area contributed by atoms with Gasteiger partial charge in [0.2, 0.25) is 0 Å². The summed E-state index contributed by atoms with van der Waals surface area (Å²) < 4.78 is 12.6. The van der Waals surface area contributed by atoms with Gasteiger partial charge in [-0.15, -0.1) is 0 Å². The first-order valence-electron chi connectivity index (χ1n) is 5.02. The largest absolute Gasteiger partial charge is 0.481 e. The van der Waals surface area contributed by atoms with E-state index in [4.69, 9.17) is 5.11 Å². The molecule has 16 heavy (non-hydrogen) atoms. The van der Waals surface area contributed by atoms with E-state index in [1.807, 2.05) is 0 Å². The van der Waals surface area contributed by atoms with Crippen molar-refractivity contribution in [1.82, 2.24) is 0 Å². The van der Waals surface area contributed by atoms with Gasteiger partial charge in [0.25, 0.3) is 0 Å². The Morgan fingerprint density at radius 1 is 1.31 bits per heavy atom. The van der Waals surface area contributed by atoms with Crippen LogP contribution >= 0.6 is 0 Å². The molecule has 0 radical (unpaired) electrons. The fourth-order valence-corrected chi connectivity index (χ4v) is 1.25. The normalized spacial score (nSPS) is 12.1. The molecule has 0 aliphatic rings. The zero-order valence-electron chi connectivity index (χ0n) is 8.94. The summed E-state index contributed by atoms with van der Waals surface area (Å²) in [6, 6.07) is 5.24. The highest BCUT2D eigenvalue weighted by Crippen LogP contribution is 2.11. The van der Waals surface area contributed by atoms with Gasteiger partial charge >= 0.3 is 5.97 Å². The van der Waals surface area contributed by atoms with E-state index in [2.05, 4.69) is 0 Å². The number of Topliss-reactive ketones (excluding diaryl/α,β-unsaturated/α-hetero) is 1. The van der Waals surface area contributed by atoms with E-state index < -0.39 is 17.7 Å². The first-order valence-corrected chi connectivity index (χ1v) is 5.02. The lowest BCUT2D eigenvalue weighted by molar-refractivity contribution is -0.141. The van der Waals surface area contributed by atoms with Crippen LogP contribution < -0.4 is 0 Å². The van der Waals surface area contributed by atoms with Crippen LogP contribution in [0.15, 0.2) is 24.3 Å². The highest BCUT2D eigenvalue weighted by molar-refractivity contribution is 5.96. The van der Waals surface area contributed by atoms with Gasteiger partial charge in [-0.2, -0.15) is 0 Å². The van der Waals surface area contributed by atoms with Crippen molar-refractivity contribution in [3.63, 3.8) is 0 Å². The van der Waals surface area contributed by atoms with Gasteiger partial charge in [-0.3, -0.25) is 9.59 Å². The molecule has 0 saturated carbocycles. The monoisotopic (exact) mass is 224 g/mol. The van der Waals surface area contributed by atoms with Gasteiger partial charge in [-0.25, -0.2) is 4.39 Å². The maximum absolute atomic E-state index is 12.6. The van der Waals surface area contributed by atoms with Crippen LogP contribution in [-0.4, -0.2) is 16.9 Å². The summed E-state index contributed by atoms with van der Waals surface area (Å²) in [6.07, 6.45) is 0.463. The van der Waals surface area contributed by atoms with Gasteiger partial charge < -0.3 is 5.11 Å². The fraction of sp³-hybridized carbons (Fsp3) is 0.333. The number of carboxylic acids is 1. The average molecular weight is 224 g/mol. The van der Waals surface area contributed by atoms with Crippen molar-refractivity contribution >= 4 is 11.8 Å². The number of halogens is 1. The summed E-state index contributed by atoms with van der Waals surface area (Å²) in [7, 11) is 0. The van der Waals surface area contributed by atoms with Crippen molar-refractivity contribution in [2.24, 2.45) is 5.92 Å². The third-order valence-electron chi connectivity index (χ3n) is 2.39. The van der Waals surface area contributed by atoms with Gasteiger partial charge in [0.15, 0.2) is 5.78 Å². The molecule has 0 heterocycles. The van der Waals surface area contributed by atoms with Gasteiger partial charge in [0.1, 0.15) is 5.82 Å². The molecule has 0 aliphatic heterocycles. The van der Waals surface area contributed by atoms with Crippen LogP contribution in [0.2, 0.25) is 0 Å². The maximum Gasteiger partial charge on any atom is 0.306 e. The van der Waals surface area contributed by atoms with Gasteiger partial charge in [-0.1, -0.05) is 6.92 Å². The molecule has 0 aliphatic carbocycles. The fourth-order valence-electron chi connectivity index (χ4n) is 1.25. The van der Waals surface area contributed by atoms with Crippen molar-refractivity contribution in [2.75, 3.05) is 0 Å². The second kappa shape index (κ2) is 5.39. The Labute approximate surface area is 92.9 Å². The number of carbonyl (C=O) groups is 2. The quantitative estimate of drug-likeness (QED) is 0.782. The molecule has 1 aromatic rings. The Balaban J connectivity index is 2.53. The molecule has 1 N–H and O–H groups in total. The zero-order valence-corrected chi connectivity index (χ0v) is 8.94. The second-order valence-electron chi connectivity index (χ2n) is 3.71. The van der Waals surface area contributed by atoms with E-state index in [0.717, 1.165) is 0 Å². The number of ketones is 1. The van der Waals surface area contributed by atoms with Gasteiger partial charge in [0.05, 0.1) is 5.92 Å². The minimum absolute atomic E-state index is 0.159. The topological polar surface area (TPSA) is 54.4 Å². The Bertz CT molecular complexity index is 384. The lowest BCUT2D eigenvalue weighted by Gasteiger charge is -2.05. The van der Waals surface area contributed by atoms with E-state index in [1.165, 1.54) is 24.3 Å². The smallest absolute Gasteiger partial charge is 0.306 e. The molecule has 0 fully saturated rings. The molecule has 0 saturated heterocycles. The molecule has 0 amide bonds. The predicted octanol–water partition coefficient (Wildman–Crippen LogP) is 2.51. The van der Waals surface area contributed by atoms with Crippen LogP contribution in [0.25, 0.3) is 0 Å². The first kappa shape index (κ1) is 12.4. The molecule has 1 aromatic carbocycles. The number of carboxylic acid groups (broad SMARTS) is 1.